The van der Waals surface area contributed by atoms with Crippen molar-refractivity contribution in [1.82, 2.24) is 14.9 Å². The highest BCUT2D eigenvalue weighted by Crippen LogP contribution is 2.15. The van der Waals surface area contributed by atoms with Crippen LogP contribution < -0.4 is 0 Å². The molecule has 1 aliphatic heterocycles. The lowest BCUT2D eigenvalue weighted by Gasteiger charge is -2.24. The normalized spacial score (nSPS) is 17.4. The molecule has 0 saturated carbocycles. The third-order valence-electron chi connectivity index (χ3n) is 2.45. The van der Waals surface area contributed by atoms with Crippen LogP contribution >= 0.6 is 0 Å². The van der Waals surface area contributed by atoms with Crippen LogP contribution in [0.25, 0.3) is 0 Å². The Morgan fingerprint density at radius 2 is 2.46 bits per heavy atom. The molecule has 2 N–H and O–H groups in total. The number of aliphatic hydroxyl groups excluding tert-OH is 1. The largest absolute Gasteiger partial charge is 0.395 e. The van der Waals surface area contributed by atoms with Crippen LogP contribution in [-0.4, -0.2) is 39.7 Å². The fraction of sp³-hybridized carbons (Fsp3) is 0.667. The summed E-state index contributed by atoms with van der Waals surface area (Å²) < 4.78 is 0. The minimum atomic E-state index is 0.239. The molecule has 72 valence electrons. The molecule has 0 unspecified atom stereocenters. The van der Waals surface area contributed by atoms with Crippen molar-refractivity contribution in [2.24, 2.45) is 0 Å². The number of aromatic amines is 1. The van der Waals surface area contributed by atoms with Gasteiger partial charge in [-0.1, -0.05) is 0 Å². The first kappa shape index (κ1) is 8.72. The Morgan fingerprint density at radius 3 is 3.23 bits per heavy atom. The maximum absolute atomic E-state index is 8.80. The summed E-state index contributed by atoms with van der Waals surface area (Å²) >= 11 is 0. The number of fused-ring (bicyclic) bond motifs is 1. The Balaban J connectivity index is 2.10. The highest BCUT2D eigenvalue weighted by molar-refractivity contribution is 5.17. The first-order valence-corrected chi connectivity index (χ1v) is 4.67. The first-order chi connectivity index (χ1) is 6.29. The third kappa shape index (κ3) is 1.73. The molecular formula is C9H15N3O. The van der Waals surface area contributed by atoms with Crippen molar-refractivity contribution >= 4 is 0 Å². The van der Waals surface area contributed by atoms with Gasteiger partial charge >= 0.3 is 0 Å². The monoisotopic (exact) mass is 181 g/mol. The standard InChI is InChI=1S/C9H15N3O/c1-7-10-8-2-3-12(4-5-13)6-9(8)11-7/h13H,2-6H2,1H3,(H,10,11). The summed E-state index contributed by atoms with van der Waals surface area (Å²) in [6, 6.07) is 0. The van der Waals surface area contributed by atoms with E-state index >= 15 is 0 Å². The Bertz CT molecular complexity index is 295. The van der Waals surface area contributed by atoms with Crippen LogP contribution in [0.4, 0.5) is 0 Å². The second-order valence-corrected chi connectivity index (χ2v) is 3.50. The number of aryl methyl sites for hydroxylation is 1. The number of H-pyrrole nitrogens is 1. The first-order valence-electron chi connectivity index (χ1n) is 4.67. The third-order valence-corrected chi connectivity index (χ3v) is 2.45. The molecule has 2 heterocycles. The molecule has 0 radical (unpaired) electrons. The molecule has 4 heteroatoms. The van der Waals surface area contributed by atoms with Crippen molar-refractivity contribution < 1.29 is 5.11 Å². The zero-order valence-corrected chi connectivity index (χ0v) is 7.88. The predicted octanol–water partition coefficient (Wildman–Crippen LogP) is 0.0685. The summed E-state index contributed by atoms with van der Waals surface area (Å²) in [5, 5.41) is 8.80. The van der Waals surface area contributed by atoms with E-state index in [4.69, 9.17) is 5.11 Å². The molecule has 2 rings (SSSR count). The molecule has 1 aromatic heterocycles. The predicted molar refractivity (Wildman–Crippen MR) is 49.4 cm³/mol. The van der Waals surface area contributed by atoms with Crippen LogP contribution in [-0.2, 0) is 13.0 Å². The molecular weight excluding hydrogens is 166 g/mol. The van der Waals surface area contributed by atoms with E-state index in [1.54, 1.807) is 0 Å². The smallest absolute Gasteiger partial charge is 0.103 e. The van der Waals surface area contributed by atoms with Gasteiger partial charge in [0.05, 0.1) is 18.0 Å². The molecule has 0 saturated heterocycles. The van der Waals surface area contributed by atoms with Gasteiger partial charge in [0.1, 0.15) is 5.82 Å². The molecule has 1 aliphatic rings. The van der Waals surface area contributed by atoms with E-state index in [0.29, 0.717) is 0 Å². The van der Waals surface area contributed by atoms with Gasteiger partial charge < -0.3 is 10.1 Å². The second kappa shape index (κ2) is 3.47. The summed E-state index contributed by atoms with van der Waals surface area (Å²) in [5.41, 5.74) is 2.42. The van der Waals surface area contributed by atoms with Crippen LogP contribution in [0.2, 0.25) is 0 Å². The van der Waals surface area contributed by atoms with Crippen molar-refractivity contribution in [2.45, 2.75) is 19.9 Å². The van der Waals surface area contributed by atoms with E-state index < -0.39 is 0 Å². The van der Waals surface area contributed by atoms with Crippen LogP contribution in [0.15, 0.2) is 0 Å². The van der Waals surface area contributed by atoms with Gasteiger partial charge in [-0.05, 0) is 6.92 Å². The van der Waals surface area contributed by atoms with Crippen molar-refractivity contribution in [3.8, 4) is 0 Å². The van der Waals surface area contributed by atoms with Gasteiger partial charge in [0, 0.05) is 26.1 Å². The zero-order chi connectivity index (χ0) is 9.26. The van der Waals surface area contributed by atoms with Crippen LogP contribution in [0.5, 0.6) is 0 Å². The lowest BCUT2D eigenvalue weighted by Crippen LogP contribution is -2.32. The number of rotatable bonds is 2. The Hall–Kier alpha value is -0.870. The van der Waals surface area contributed by atoms with Gasteiger partial charge in [-0.2, -0.15) is 0 Å². The van der Waals surface area contributed by atoms with E-state index in [1.165, 1.54) is 11.4 Å². The van der Waals surface area contributed by atoms with E-state index in [0.717, 1.165) is 31.9 Å². The molecule has 4 nitrogen and oxygen atoms in total. The Kier molecular flexibility index (Phi) is 2.33. The zero-order valence-electron chi connectivity index (χ0n) is 7.88. The molecule has 0 amide bonds. The van der Waals surface area contributed by atoms with Gasteiger partial charge in [-0.3, -0.25) is 4.90 Å². The highest BCUT2D eigenvalue weighted by Gasteiger charge is 2.18. The quantitative estimate of drug-likeness (QED) is 0.678. The van der Waals surface area contributed by atoms with Crippen LogP contribution in [0.3, 0.4) is 0 Å². The summed E-state index contributed by atoms with van der Waals surface area (Å²) in [5.74, 6) is 0.996. The Labute approximate surface area is 77.6 Å². The summed E-state index contributed by atoms with van der Waals surface area (Å²) in [6.45, 7) is 4.89. The van der Waals surface area contributed by atoms with E-state index in [-0.39, 0.29) is 6.61 Å². The number of aromatic nitrogens is 2. The maximum atomic E-state index is 8.80. The highest BCUT2D eigenvalue weighted by atomic mass is 16.3. The maximum Gasteiger partial charge on any atom is 0.103 e. The van der Waals surface area contributed by atoms with Gasteiger partial charge in [0.25, 0.3) is 0 Å². The number of hydrogen-bond acceptors (Lipinski definition) is 3. The van der Waals surface area contributed by atoms with Crippen molar-refractivity contribution in [3.05, 3.63) is 17.2 Å². The molecule has 0 bridgehead atoms. The van der Waals surface area contributed by atoms with E-state index in [1.807, 2.05) is 6.92 Å². The van der Waals surface area contributed by atoms with E-state index in [2.05, 4.69) is 14.9 Å². The Morgan fingerprint density at radius 1 is 1.62 bits per heavy atom. The molecule has 0 aliphatic carbocycles. The number of β-amino-alcohol motifs (C(OH)–C–C–N with tert-alkyl or cyclic N) is 1. The van der Waals surface area contributed by atoms with Crippen molar-refractivity contribution in [1.29, 1.82) is 0 Å². The summed E-state index contributed by atoms with van der Waals surface area (Å²) in [7, 11) is 0. The molecule has 0 fully saturated rings. The lowest BCUT2D eigenvalue weighted by molar-refractivity contribution is 0.182. The van der Waals surface area contributed by atoms with Gasteiger partial charge in [0.2, 0.25) is 0 Å². The summed E-state index contributed by atoms with van der Waals surface area (Å²) in [4.78, 5) is 9.89. The van der Waals surface area contributed by atoms with E-state index in [9.17, 15) is 0 Å². The molecule has 0 atom stereocenters. The second-order valence-electron chi connectivity index (χ2n) is 3.50. The molecule has 0 aromatic carbocycles. The number of imidazole rings is 1. The molecule has 0 spiro atoms. The average molecular weight is 181 g/mol. The SMILES string of the molecule is Cc1nc2c([nH]1)CN(CCO)CC2. The van der Waals surface area contributed by atoms with Gasteiger partial charge in [-0.25, -0.2) is 4.98 Å². The lowest BCUT2D eigenvalue weighted by atomic mass is 10.1. The van der Waals surface area contributed by atoms with Crippen molar-refractivity contribution in [2.75, 3.05) is 19.7 Å². The topological polar surface area (TPSA) is 52.2 Å². The molecule has 13 heavy (non-hydrogen) atoms. The number of aliphatic hydroxyl groups is 1. The van der Waals surface area contributed by atoms with Crippen molar-refractivity contribution in [3.63, 3.8) is 0 Å². The van der Waals surface area contributed by atoms with Crippen LogP contribution in [0, 0.1) is 6.92 Å². The number of hydrogen-bond donors (Lipinski definition) is 2. The fourth-order valence-corrected chi connectivity index (χ4v) is 1.82. The van der Waals surface area contributed by atoms with Gasteiger partial charge in [0.15, 0.2) is 0 Å². The van der Waals surface area contributed by atoms with Crippen LogP contribution in [0.1, 0.15) is 17.2 Å². The molecule has 1 aromatic rings. The minimum absolute atomic E-state index is 0.239. The number of nitrogens with one attached hydrogen (secondary N) is 1. The number of nitrogens with zero attached hydrogens (tertiary/aromatic N) is 2. The fourth-order valence-electron chi connectivity index (χ4n) is 1.82. The summed E-state index contributed by atoms with van der Waals surface area (Å²) in [6.07, 6.45) is 1.000. The minimum Gasteiger partial charge on any atom is -0.395 e. The average Bonchev–Trinajstić information content (AvgIpc) is 2.44. The van der Waals surface area contributed by atoms with Gasteiger partial charge in [-0.15, -0.1) is 0 Å².